The Morgan fingerprint density at radius 1 is 1.40 bits per heavy atom. The minimum Gasteiger partial charge on any atom is -0.242 e. The highest BCUT2D eigenvalue weighted by molar-refractivity contribution is 5.19. The predicted octanol–water partition coefficient (Wildman–Crippen LogP) is 2.67. The molecular formula is C8H7F2. The average molecular weight is 141 g/mol. The van der Waals surface area contributed by atoms with Crippen molar-refractivity contribution in [2.75, 3.05) is 0 Å². The Labute approximate surface area is 58.5 Å². The normalized spacial score (nSPS) is 13.1. The van der Waals surface area contributed by atoms with Gasteiger partial charge in [0.1, 0.15) is 12.0 Å². The van der Waals surface area contributed by atoms with Crippen LogP contribution in [0.25, 0.3) is 0 Å². The van der Waals surface area contributed by atoms with E-state index in [2.05, 4.69) is 6.92 Å². The van der Waals surface area contributed by atoms with Gasteiger partial charge in [0.15, 0.2) is 0 Å². The Bertz CT molecular complexity index is 218. The Morgan fingerprint density at radius 2 is 2.10 bits per heavy atom. The molecule has 1 unspecified atom stereocenters. The van der Waals surface area contributed by atoms with Crippen LogP contribution in [-0.2, 0) is 0 Å². The third-order valence-electron chi connectivity index (χ3n) is 1.21. The summed E-state index contributed by atoms with van der Waals surface area (Å²) in [5.41, 5.74) is 0.278. The Hall–Kier alpha value is -0.920. The van der Waals surface area contributed by atoms with Crippen LogP contribution in [0.5, 0.6) is 0 Å². The minimum absolute atomic E-state index is 0.278. The van der Waals surface area contributed by atoms with Crippen molar-refractivity contribution < 1.29 is 8.78 Å². The highest BCUT2D eigenvalue weighted by atomic mass is 19.1. The van der Waals surface area contributed by atoms with Crippen LogP contribution >= 0.6 is 0 Å². The fourth-order valence-corrected chi connectivity index (χ4v) is 0.701. The smallest absolute Gasteiger partial charge is 0.125 e. The zero-order valence-corrected chi connectivity index (χ0v) is 5.35. The number of alkyl halides is 1. The van der Waals surface area contributed by atoms with E-state index < -0.39 is 12.0 Å². The maximum absolute atomic E-state index is 12.3. The first-order valence-corrected chi connectivity index (χ1v) is 2.93. The van der Waals surface area contributed by atoms with Crippen molar-refractivity contribution in [2.24, 2.45) is 0 Å². The first-order valence-electron chi connectivity index (χ1n) is 2.93. The van der Waals surface area contributed by atoms with Gasteiger partial charge in [-0.1, -0.05) is 12.1 Å². The summed E-state index contributed by atoms with van der Waals surface area (Å²) in [6, 6.07) is 5.37. The van der Waals surface area contributed by atoms with Gasteiger partial charge < -0.3 is 0 Å². The Kier molecular flexibility index (Phi) is 2.00. The molecule has 1 atom stereocenters. The molecule has 0 aliphatic rings. The van der Waals surface area contributed by atoms with E-state index in [0.717, 1.165) is 6.07 Å². The molecule has 0 aliphatic carbocycles. The maximum Gasteiger partial charge on any atom is 0.125 e. The Balaban J connectivity index is 2.96. The zero-order valence-electron chi connectivity index (χ0n) is 5.35. The van der Waals surface area contributed by atoms with Gasteiger partial charge in [-0.3, -0.25) is 0 Å². The molecule has 10 heavy (non-hydrogen) atoms. The van der Waals surface area contributed by atoms with Crippen LogP contribution in [0.4, 0.5) is 8.78 Å². The molecule has 1 aromatic rings. The molecule has 0 aromatic heterocycles. The number of halogens is 2. The molecule has 0 N–H and O–H groups in total. The van der Waals surface area contributed by atoms with Crippen molar-refractivity contribution >= 4 is 0 Å². The second kappa shape index (κ2) is 2.78. The van der Waals surface area contributed by atoms with Gasteiger partial charge in [0.2, 0.25) is 0 Å². The van der Waals surface area contributed by atoms with Crippen molar-refractivity contribution in [3.8, 4) is 0 Å². The number of benzene rings is 1. The van der Waals surface area contributed by atoms with Crippen LogP contribution in [0.1, 0.15) is 11.7 Å². The highest BCUT2D eigenvalue weighted by Crippen LogP contribution is 2.15. The topological polar surface area (TPSA) is 0 Å². The molecule has 0 fully saturated rings. The third kappa shape index (κ3) is 1.53. The Morgan fingerprint density at radius 3 is 2.50 bits per heavy atom. The number of rotatable bonds is 1. The summed E-state index contributed by atoms with van der Waals surface area (Å²) in [4.78, 5) is 0. The zero-order chi connectivity index (χ0) is 7.56. The summed E-state index contributed by atoms with van der Waals surface area (Å²) in [7, 11) is 0. The van der Waals surface area contributed by atoms with Crippen molar-refractivity contribution in [3.05, 3.63) is 42.6 Å². The van der Waals surface area contributed by atoms with Gasteiger partial charge in [0, 0.05) is 0 Å². The van der Waals surface area contributed by atoms with Gasteiger partial charge in [0.25, 0.3) is 0 Å². The lowest BCUT2D eigenvalue weighted by atomic mass is 10.1. The minimum atomic E-state index is -1.34. The second-order valence-corrected chi connectivity index (χ2v) is 2.02. The molecule has 1 aromatic carbocycles. The molecule has 0 aliphatic heterocycles. The molecular weight excluding hydrogens is 134 g/mol. The van der Waals surface area contributed by atoms with E-state index in [0.29, 0.717) is 0 Å². The van der Waals surface area contributed by atoms with Gasteiger partial charge in [-0.25, -0.2) is 8.78 Å². The largest absolute Gasteiger partial charge is 0.242 e. The summed E-state index contributed by atoms with van der Waals surface area (Å²) in [6.07, 6.45) is -1.34. The van der Waals surface area contributed by atoms with E-state index >= 15 is 0 Å². The lowest BCUT2D eigenvalue weighted by molar-refractivity contribution is 0.409. The second-order valence-electron chi connectivity index (χ2n) is 2.02. The van der Waals surface area contributed by atoms with E-state index in [1.165, 1.54) is 18.2 Å². The summed E-state index contributed by atoms with van der Waals surface area (Å²) < 4.78 is 24.7. The average Bonchev–Trinajstić information content (AvgIpc) is 1.88. The molecule has 0 saturated heterocycles. The third-order valence-corrected chi connectivity index (χ3v) is 1.21. The van der Waals surface area contributed by atoms with Crippen molar-refractivity contribution in [1.29, 1.82) is 0 Å². The van der Waals surface area contributed by atoms with E-state index in [-0.39, 0.29) is 5.56 Å². The lowest BCUT2D eigenvalue weighted by Gasteiger charge is -1.99. The molecule has 0 saturated carbocycles. The predicted molar refractivity (Wildman–Crippen MR) is 35.6 cm³/mol. The summed E-state index contributed by atoms with van der Waals surface area (Å²) in [6.45, 7) is 3.12. The van der Waals surface area contributed by atoms with Gasteiger partial charge >= 0.3 is 0 Å². The van der Waals surface area contributed by atoms with Crippen LogP contribution in [0, 0.1) is 12.7 Å². The fraction of sp³-hybridized carbons (Fsp3) is 0.125. The maximum atomic E-state index is 12.3. The first kappa shape index (κ1) is 7.19. The summed E-state index contributed by atoms with van der Waals surface area (Å²) in [5, 5.41) is 0. The lowest BCUT2D eigenvalue weighted by Crippen LogP contribution is -1.85. The SMILES string of the molecule is [CH2]C(F)c1cccc(F)c1. The van der Waals surface area contributed by atoms with Gasteiger partial charge in [0.05, 0.1) is 0 Å². The summed E-state index contributed by atoms with van der Waals surface area (Å²) in [5.74, 6) is -0.427. The summed E-state index contributed by atoms with van der Waals surface area (Å²) >= 11 is 0. The van der Waals surface area contributed by atoms with Crippen molar-refractivity contribution in [3.63, 3.8) is 0 Å². The molecule has 53 valence electrons. The number of hydrogen-bond acceptors (Lipinski definition) is 0. The van der Waals surface area contributed by atoms with Crippen LogP contribution in [0.2, 0.25) is 0 Å². The van der Waals surface area contributed by atoms with Crippen molar-refractivity contribution in [1.82, 2.24) is 0 Å². The molecule has 0 bridgehead atoms. The van der Waals surface area contributed by atoms with E-state index in [1.807, 2.05) is 0 Å². The first-order chi connectivity index (χ1) is 4.70. The molecule has 1 rings (SSSR count). The standard InChI is InChI=1S/C8H7F2/c1-6(9)7-3-2-4-8(10)5-7/h2-6H,1H2. The van der Waals surface area contributed by atoms with Crippen LogP contribution < -0.4 is 0 Å². The van der Waals surface area contributed by atoms with Crippen molar-refractivity contribution in [2.45, 2.75) is 6.17 Å². The molecule has 0 nitrogen and oxygen atoms in total. The molecule has 1 radical (unpaired) electrons. The number of hydrogen-bond donors (Lipinski definition) is 0. The molecule has 0 spiro atoms. The molecule has 2 heteroatoms. The monoisotopic (exact) mass is 141 g/mol. The fourth-order valence-electron chi connectivity index (χ4n) is 0.701. The van der Waals surface area contributed by atoms with E-state index in [1.54, 1.807) is 0 Å². The molecule has 0 heterocycles. The highest BCUT2D eigenvalue weighted by Gasteiger charge is 2.01. The van der Waals surface area contributed by atoms with Crippen LogP contribution in [-0.4, -0.2) is 0 Å². The van der Waals surface area contributed by atoms with Crippen LogP contribution in [0.3, 0.4) is 0 Å². The van der Waals surface area contributed by atoms with Gasteiger partial charge in [-0.2, -0.15) is 0 Å². The van der Waals surface area contributed by atoms with E-state index in [4.69, 9.17) is 0 Å². The molecule has 0 amide bonds. The van der Waals surface area contributed by atoms with E-state index in [9.17, 15) is 8.78 Å². The van der Waals surface area contributed by atoms with Gasteiger partial charge in [-0.05, 0) is 24.6 Å². The van der Waals surface area contributed by atoms with Gasteiger partial charge in [-0.15, -0.1) is 0 Å². The quantitative estimate of drug-likeness (QED) is 0.564. The van der Waals surface area contributed by atoms with Crippen LogP contribution in [0.15, 0.2) is 24.3 Å².